The fourth-order valence-corrected chi connectivity index (χ4v) is 3.69. The molecular weight excluding hydrogens is 286 g/mol. The van der Waals surface area contributed by atoms with Crippen LogP contribution in [0.15, 0.2) is 59.2 Å². The van der Waals surface area contributed by atoms with Crippen LogP contribution in [-0.4, -0.2) is 9.97 Å². The van der Waals surface area contributed by atoms with Crippen molar-refractivity contribution in [3.8, 4) is 11.3 Å². The smallest absolute Gasteiger partial charge is 0.152 e. The van der Waals surface area contributed by atoms with Crippen LogP contribution in [0.5, 0.6) is 0 Å². The molecule has 100 valence electrons. The third kappa shape index (κ3) is 3.00. The zero-order chi connectivity index (χ0) is 13.8. The fraction of sp³-hybridized carbons (Fsp3) is 0.0667. The van der Waals surface area contributed by atoms with Crippen molar-refractivity contribution in [1.82, 2.24) is 9.97 Å². The first-order valence-corrected chi connectivity index (χ1v) is 7.96. The number of nitrogens with two attached hydrogens (primary N) is 1. The first-order chi connectivity index (χ1) is 9.83. The van der Waals surface area contributed by atoms with Crippen molar-refractivity contribution < 1.29 is 0 Å². The van der Waals surface area contributed by atoms with E-state index in [1.165, 1.54) is 16.9 Å². The minimum Gasteiger partial charge on any atom is -0.389 e. The summed E-state index contributed by atoms with van der Waals surface area (Å²) >= 11 is 3.23. The molecule has 0 amide bonds. The van der Waals surface area contributed by atoms with Gasteiger partial charge in [-0.1, -0.05) is 59.5 Å². The monoisotopic (exact) mass is 299 g/mol. The van der Waals surface area contributed by atoms with E-state index in [9.17, 15) is 0 Å². The summed E-state index contributed by atoms with van der Waals surface area (Å²) in [5.74, 6) is 0.856. The number of anilines is 1. The molecule has 2 N–H and O–H groups in total. The van der Waals surface area contributed by atoms with Crippen molar-refractivity contribution in [2.24, 2.45) is 0 Å². The first-order valence-electron chi connectivity index (χ1n) is 6.16. The lowest BCUT2D eigenvalue weighted by Crippen LogP contribution is -1.85. The van der Waals surface area contributed by atoms with E-state index in [1.807, 2.05) is 42.6 Å². The molecule has 2 aromatic heterocycles. The molecule has 0 atom stereocenters. The normalized spacial score (nSPS) is 10.6. The Balaban J connectivity index is 1.76. The van der Waals surface area contributed by atoms with Crippen molar-refractivity contribution in [3.05, 3.63) is 60.4 Å². The zero-order valence-corrected chi connectivity index (χ0v) is 12.3. The van der Waals surface area contributed by atoms with Gasteiger partial charge in [0.05, 0.1) is 0 Å². The molecule has 3 rings (SSSR count). The SMILES string of the molecule is Nc1sc(SCc2cccnc2)nc1-c1ccccc1. The summed E-state index contributed by atoms with van der Waals surface area (Å²) < 4.78 is 0.991. The zero-order valence-electron chi connectivity index (χ0n) is 10.7. The summed E-state index contributed by atoms with van der Waals surface area (Å²) in [7, 11) is 0. The average Bonchev–Trinajstić information content (AvgIpc) is 2.88. The van der Waals surface area contributed by atoms with E-state index in [0.717, 1.165) is 26.4 Å². The lowest BCUT2D eigenvalue weighted by molar-refractivity contribution is 1.22. The maximum atomic E-state index is 6.07. The van der Waals surface area contributed by atoms with Crippen LogP contribution in [-0.2, 0) is 5.75 Å². The molecule has 20 heavy (non-hydrogen) atoms. The number of thioether (sulfide) groups is 1. The molecule has 0 saturated heterocycles. The number of nitrogen functional groups attached to an aromatic ring is 1. The van der Waals surface area contributed by atoms with Crippen LogP contribution >= 0.6 is 23.1 Å². The van der Waals surface area contributed by atoms with E-state index in [2.05, 4.69) is 16.0 Å². The number of aromatic nitrogens is 2. The molecule has 0 bridgehead atoms. The molecule has 0 spiro atoms. The van der Waals surface area contributed by atoms with E-state index < -0.39 is 0 Å². The highest BCUT2D eigenvalue weighted by atomic mass is 32.2. The van der Waals surface area contributed by atoms with Gasteiger partial charge in [0, 0.05) is 23.7 Å². The minimum absolute atomic E-state index is 0.768. The van der Waals surface area contributed by atoms with E-state index in [-0.39, 0.29) is 0 Å². The van der Waals surface area contributed by atoms with Crippen LogP contribution in [0, 0.1) is 0 Å². The van der Waals surface area contributed by atoms with Crippen LogP contribution in [0.25, 0.3) is 11.3 Å². The molecule has 3 nitrogen and oxygen atoms in total. The molecular formula is C15H13N3S2. The van der Waals surface area contributed by atoms with Gasteiger partial charge in [0.25, 0.3) is 0 Å². The molecule has 0 radical (unpaired) electrons. The molecule has 0 fully saturated rings. The van der Waals surface area contributed by atoms with Gasteiger partial charge in [0.2, 0.25) is 0 Å². The highest BCUT2D eigenvalue weighted by Gasteiger charge is 2.10. The number of nitrogens with zero attached hydrogens (tertiary/aromatic N) is 2. The summed E-state index contributed by atoms with van der Waals surface area (Å²) in [6, 6.07) is 14.1. The molecule has 2 heterocycles. The summed E-state index contributed by atoms with van der Waals surface area (Å²) in [5, 5.41) is 0.768. The van der Waals surface area contributed by atoms with Crippen molar-refractivity contribution in [2.75, 3.05) is 5.73 Å². The average molecular weight is 299 g/mol. The van der Waals surface area contributed by atoms with E-state index in [0.29, 0.717) is 0 Å². The minimum atomic E-state index is 0.768. The highest BCUT2D eigenvalue weighted by molar-refractivity contribution is 8.00. The van der Waals surface area contributed by atoms with Gasteiger partial charge in [-0.2, -0.15) is 0 Å². The Hall–Kier alpha value is -1.85. The van der Waals surface area contributed by atoms with Gasteiger partial charge < -0.3 is 5.73 Å². The number of rotatable bonds is 4. The third-order valence-electron chi connectivity index (χ3n) is 2.77. The molecule has 0 aliphatic carbocycles. The molecule has 1 aromatic carbocycles. The predicted octanol–water partition coefficient (Wildman–Crippen LogP) is 4.08. The summed E-state index contributed by atoms with van der Waals surface area (Å²) in [6.45, 7) is 0. The largest absolute Gasteiger partial charge is 0.389 e. The van der Waals surface area contributed by atoms with Crippen molar-refractivity contribution in [3.63, 3.8) is 0 Å². The number of hydrogen-bond donors (Lipinski definition) is 1. The second-order valence-electron chi connectivity index (χ2n) is 4.21. The van der Waals surface area contributed by atoms with Gasteiger partial charge >= 0.3 is 0 Å². The fourth-order valence-electron chi connectivity index (χ4n) is 1.80. The van der Waals surface area contributed by atoms with Gasteiger partial charge in [0.1, 0.15) is 10.7 Å². The standard InChI is InChI=1S/C15H13N3S2/c16-14-13(12-6-2-1-3-7-12)18-15(20-14)19-10-11-5-4-8-17-9-11/h1-9H,10,16H2. The summed E-state index contributed by atoms with van der Waals surface area (Å²) in [5.41, 5.74) is 9.20. The number of pyridine rings is 1. The van der Waals surface area contributed by atoms with E-state index in [1.54, 1.807) is 18.0 Å². The molecule has 0 saturated carbocycles. The van der Waals surface area contributed by atoms with Crippen LogP contribution in [0.1, 0.15) is 5.56 Å². The Morgan fingerprint density at radius 2 is 1.95 bits per heavy atom. The summed E-state index contributed by atoms with van der Waals surface area (Å²) in [6.07, 6.45) is 3.66. The number of hydrogen-bond acceptors (Lipinski definition) is 5. The molecule has 0 aliphatic heterocycles. The molecule has 3 aromatic rings. The van der Waals surface area contributed by atoms with Gasteiger partial charge in [0.15, 0.2) is 4.34 Å². The molecule has 0 aliphatic rings. The van der Waals surface area contributed by atoms with Crippen molar-refractivity contribution in [2.45, 2.75) is 10.1 Å². The maximum absolute atomic E-state index is 6.07. The van der Waals surface area contributed by atoms with Crippen LogP contribution in [0.4, 0.5) is 5.00 Å². The van der Waals surface area contributed by atoms with E-state index >= 15 is 0 Å². The van der Waals surface area contributed by atoms with Crippen LogP contribution in [0.2, 0.25) is 0 Å². The van der Waals surface area contributed by atoms with Gasteiger partial charge in [-0.3, -0.25) is 4.98 Å². The van der Waals surface area contributed by atoms with E-state index in [4.69, 9.17) is 5.73 Å². The predicted molar refractivity (Wildman–Crippen MR) is 85.8 cm³/mol. The van der Waals surface area contributed by atoms with Crippen LogP contribution < -0.4 is 5.73 Å². The van der Waals surface area contributed by atoms with Crippen LogP contribution in [0.3, 0.4) is 0 Å². The van der Waals surface area contributed by atoms with Crippen molar-refractivity contribution >= 4 is 28.1 Å². The first kappa shape index (κ1) is 13.1. The second-order valence-corrected chi connectivity index (χ2v) is 6.46. The van der Waals surface area contributed by atoms with Gasteiger partial charge in [-0.25, -0.2) is 4.98 Å². The quantitative estimate of drug-likeness (QED) is 0.738. The number of thiazole rings is 1. The van der Waals surface area contributed by atoms with Crippen molar-refractivity contribution in [1.29, 1.82) is 0 Å². The Morgan fingerprint density at radius 3 is 2.70 bits per heavy atom. The highest BCUT2D eigenvalue weighted by Crippen LogP contribution is 2.36. The third-order valence-corrected chi connectivity index (χ3v) is 4.86. The summed E-state index contributed by atoms with van der Waals surface area (Å²) in [4.78, 5) is 8.74. The Kier molecular flexibility index (Phi) is 3.99. The van der Waals surface area contributed by atoms with Gasteiger partial charge in [-0.05, 0) is 11.6 Å². The Labute approximate surface area is 125 Å². The molecule has 5 heteroatoms. The Morgan fingerprint density at radius 1 is 1.10 bits per heavy atom. The Bertz CT molecular complexity index is 681. The lowest BCUT2D eigenvalue weighted by Gasteiger charge is -1.97. The lowest BCUT2D eigenvalue weighted by atomic mass is 10.2. The maximum Gasteiger partial charge on any atom is 0.152 e. The molecule has 0 unspecified atom stereocenters. The second kappa shape index (κ2) is 6.07. The topological polar surface area (TPSA) is 51.8 Å². The van der Waals surface area contributed by atoms with Gasteiger partial charge in [-0.15, -0.1) is 0 Å². The number of benzene rings is 1.